The molecule has 0 saturated carbocycles. The van der Waals surface area contributed by atoms with E-state index in [0.717, 1.165) is 27.1 Å². The molecule has 0 radical (unpaired) electrons. The lowest BCUT2D eigenvalue weighted by Gasteiger charge is -2.03. The first-order valence-corrected chi connectivity index (χ1v) is 5.41. The molecule has 0 fully saturated rings. The molecule has 0 atom stereocenters. The number of aromatic nitrogens is 2. The monoisotopic (exact) mass is 231 g/mol. The summed E-state index contributed by atoms with van der Waals surface area (Å²) >= 11 is 6.00. The van der Waals surface area contributed by atoms with Gasteiger partial charge < -0.3 is 10.1 Å². The van der Waals surface area contributed by atoms with Gasteiger partial charge in [-0.1, -0.05) is 17.7 Å². The third kappa shape index (κ3) is 1.29. The maximum absolute atomic E-state index is 6.00. The maximum atomic E-state index is 6.00. The summed E-state index contributed by atoms with van der Waals surface area (Å²) in [6, 6.07) is 7.85. The van der Waals surface area contributed by atoms with E-state index in [1.807, 2.05) is 34.9 Å². The van der Waals surface area contributed by atoms with E-state index >= 15 is 0 Å². The van der Waals surface area contributed by atoms with Gasteiger partial charge in [-0.05, 0) is 23.6 Å². The van der Waals surface area contributed by atoms with Gasteiger partial charge in [-0.3, -0.25) is 0 Å². The van der Waals surface area contributed by atoms with Crippen molar-refractivity contribution in [3.8, 4) is 0 Å². The molecule has 2 aromatic heterocycles. The molecule has 4 heteroatoms. The molecule has 1 aromatic carbocycles. The summed E-state index contributed by atoms with van der Waals surface area (Å²) < 4.78 is 2.00. The number of benzene rings is 1. The van der Waals surface area contributed by atoms with Gasteiger partial charge in [-0.25, -0.2) is 4.98 Å². The Morgan fingerprint density at radius 1 is 1.31 bits per heavy atom. The highest BCUT2D eigenvalue weighted by Gasteiger charge is 2.05. The Bertz CT molecular complexity index is 672. The van der Waals surface area contributed by atoms with Crippen LogP contribution in [0.5, 0.6) is 0 Å². The van der Waals surface area contributed by atoms with E-state index in [1.165, 1.54) is 0 Å². The minimum Gasteiger partial charge on any atom is -0.325 e. The van der Waals surface area contributed by atoms with Crippen molar-refractivity contribution in [1.82, 2.24) is 9.38 Å². The van der Waals surface area contributed by atoms with Crippen LogP contribution < -0.4 is 5.73 Å². The van der Waals surface area contributed by atoms with Crippen molar-refractivity contribution in [1.29, 1.82) is 0 Å². The molecule has 0 spiro atoms. The van der Waals surface area contributed by atoms with Crippen LogP contribution in [0.1, 0.15) is 5.69 Å². The largest absolute Gasteiger partial charge is 0.325 e. The van der Waals surface area contributed by atoms with Gasteiger partial charge >= 0.3 is 0 Å². The van der Waals surface area contributed by atoms with Crippen molar-refractivity contribution in [3.05, 3.63) is 47.4 Å². The summed E-state index contributed by atoms with van der Waals surface area (Å²) in [7, 11) is 0. The Labute approximate surface area is 97.5 Å². The lowest BCUT2D eigenvalue weighted by Crippen LogP contribution is -2.00. The predicted octanol–water partition coefficient (Wildman–Crippen LogP) is 2.60. The third-order valence-corrected chi connectivity index (χ3v) is 2.98. The van der Waals surface area contributed by atoms with Gasteiger partial charge in [0, 0.05) is 23.2 Å². The first-order valence-electron chi connectivity index (χ1n) is 5.04. The summed E-state index contributed by atoms with van der Waals surface area (Å²) in [5.41, 5.74) is 7.55. The van der Waals surface area contributed by atoms with Gasteiger partial charge in [0.1, 0.15) is 5.65 Å². The summed E-state index contributed by atoms with van der Waals surface area (Å²) in [5, 5.41) is 2.90. The second-order valence-electron chi connectivity index (χ2n) is 3.69. The van der Waals surface area contributed by atoms with Gasteiger partial charge in [0.15, 0.2) is 0 Å². The third-order valence-electron chi connectivity index (χ3n) is 2.74. The minimum atomic E-state index is 0.479. The first kappa shape index (κ1) is 9.63. The number of nitrogens with two attached hydrogens (primary N) is 1. The van der Waals surface area contributed by atoms with Gasteiger partial charge in [0.25, 0.3) is 0 Å². The summed E-state index contributed by atoms with van der Waals surface area (Å²) in [6.45, 7) is 0.479. The van der Waals surface area contributed by atoms with Gasteiger partial charge in [0.2, 0.25) is 0 Å². The van der Waals surface area contributed by atoms with Crippen molar-refractivity contribution in [2.75, 3.05) is 0 Å². The van der Waals surface area contributed by atoms with Crippen LogP contribution in [0.4, 0.5) is 0 Å². The topological polar surface area (TPSA) is 43.3 Å². The van der Waals surface area contributed by atoms with Crippen LogP contribution in [0.2, 0.25) is 5.02 Å². The number of imidazole rings is 1. The standard InChI is InChI=1S/C12H10ClN3/c13-9-2-1-8-3-4-16-10(6-14)7-15-12(16)11(8)5-9/h1-5,7H,6,14H2. The number of fused-ring (bicyclic) bond motifs is 3. The first-order chi connectivity index (χ1) is 7.79. The van der Waals surface area contributed by atoms with Gasteiger partial charge in [-0.15, -0.1) is 0 Å². The molecule has 16 heavy (non-hydrogen) atoms. The molecule has 0 bridgehead atoms. The van der Waals surface area contributed by atoms with Crippen molar-refractivity contribution < 1.29 is 0 Å². The number of halogens is 1. The Kier molecular flexibility index (Phi) is 2.09. The lowest BCUT2D eigenvalue weighted by molar-refractivity contribution is 0.962. The molecule has 0 amide bonds. The molecular weight excluding hydrogens is 222 g/mol. The molecule has 3 aromatic rings. The van der Waals surface area contributed by atoms with Crippen molar-refractivity contribution >= 4 is 28.0 Å². The molecule has 0 unspecified atom stereocenters. The Hall–Kier alpha value is -1.58. The minimum absolute atomic E-state index is 0.479. The highest BCUT2D eigenvalue weighted by Crippen LogP contribution is 2.23. The number of rotatable bonds is 1. The van der Waals surface area contributed by atoms with E-state index in [9.17, 15) is 0 Å². The van der Waals surface area contributed by atoms with Crippen LogP contribution in [-0.2, 0) is 6.54 Å². The zero-order valence-electron chi connectivity index (χ0n) is 8.52. The van der Waals surface area contributed by atoms with Gasteiger partial charge in [0.05, 0.1) is 11.9 Å². The maximum Gasteiger partial charge on any atom is 0.144 e. The van der Waals surface area contributed by atoms with Gasteiger partial charge in [-0.2, -0.15) is 0 Å². The molecule has 0 aliphatic carbocycles. The predicted molar refractivity (Wildman–Crippen MR) is 65.6 cm³/mol. The molecular formula is C12H10ClN3. The smallest absolute Gasteiger partial charge is 0.144 e. The second-order valence-corrected chi connectivity index (χ2v) is 4.13. The average Bonchev–Trinajstić information content (AvgIpc) is 2.72. The molecule has 0 saturated heterocycles. The molecule has 2 N–H and O–H groups in total. The zero-order valence-corrected chi connectivity index (χ0v) is 9.28. The summed E-state index contributed by atoms with van der Waals surface area (Å²) in [6.07, 6.45) is 3.79. The molecule has 0 aliphatic heterocycles. The van der Waals surface area contributed by atoms with E-state index in [2.05, 4.69) is 4.98 Å². The normalized spacial score (nSPS) is 11.4. The fraction of sp³-hybridized carbons (Fsp3) is 0.0833. The fourth-order valence-electron chi connectivity index (χ4n) is 1.94. The number of pyridine rings is 1. The highest BCUT2D eigenvalue weighted by atomic mass is 35.5. The van der Waals surface area contributed by atoms with Crippen LogP contribution in [0.15, 0.2) is 36.7 Å². The quantitative estimate of drug-likeness (QED) is 0.700. The Morgan fingerprint density at radius 3 is 3.00 bits per heavy atom. The van der Waals surface area contributed by atoms with Crippen LogP contribution in [-0.4, -0.2) is 9.38 Å². The van der Waals surface area contributed by atoms with Crippen LogP contribution >= 0.6 is 11.6 Å². The van der Waals surface area contributed by atoms with Crippen molar-refractivity contribution in [2.24, 2.45) is 5.73 Å². The molecule has 2 heterocycles. The number of hydrogen-bond donors (Lipinski definition) is 1. The molecule has 0 aliphatic rings. The Morgan fingerprint density at radius 2 is 2.19 bits per heavy atom. The van der Waals surface area contributed by atoms with Crippen molar-refractivity contribution in [2.45, 2.75) is 6.54 Å². The van der Waals surface area contributed by atoms with Crippen LogP contribution in [0, 0.1) is 0 Å². The highest BCUT2D eigenvalue weighted by molar-refractivity contribution is 6.31. The zero-order chi connectivity index (χ0) is 11.1. The average molecular weight is 232 g/mol. The fourth-order valence-corrected chi connectivity index (χ4v) is 2.11. The van der Waals surface area contributed by atoms with E-state index in [0.29, 0.717) is 6.54 Å². The Balaban J connectivity index is 2.48. The van der Waals surface area contributed by atoms with E-state index < -0.39 is 0 Å². The molecule has 80 valence electrons. The molecule has 3 rings (SSSR count). The van der Waals surface area contributed by atoms with Crippen molar-refractivity contribution in [3.63, 3.8) is 0 Å². The summed E-state index contributed by atoms with van der Waals surface area (Å²) in [4.78, 5) is 4.38. The molecule has 3 nitrogen and oxygen atoms in total. The number of hydrogen-bond acceptors (Lipinski definition) is 2. The van der Waals surface area contributed by atoms with E-state index in [4.69, 9.17) is 17.3 Å². The SMILES string of the molecule is NCc1cnc2c3cc(Cl)ccc3ccn12. The van der Waals surface area contributed by atoms with Crippen LogP contribution in [0.3, 0.4) is 0 Å². The van der Waals surface area contributed by atoms with E-state index in [1.54, 1.807) is 6.20 Å². The summed E-state index contributed by atoms with van der Waals surface area (Å²) in [5.74, 6) is 0. The van der Waals surface area contributed by atoms with Crippen LogP contribution in [0.25, 0.3) is 16.4 Å². The lowest BCUT2D eigenvalue weighted by atomic mass is 10.2. The second kappa shape index (κ2) is 3.47. The number of nitrogens with zero attached hydrogens (tertiary/aromatic N) is 2. The van der Waals surface area contributed by atoms with E-state index in [-0.39, 0.29) is 0 Å².